The van der Waals surface area contributed by atoms with Gasteiger partial charge < -0.3 is 14.9 Å². The lowest BCUT2D eigenvalue weighted by atomic mass is 10.2. The zero-order valence-electron chi connectivity index (χ0n) is 5.12. The highest BCUT2D eigenvalue weighted by Gasteiger charge is 2.30. The molecule has 0 fully saturated rings. The Morgan fingerprint density at radius 3 is 2.90 bits per heavy atom. The molecule has 4 N–H and O–H groups in total. The van der Waals surface area contributed by atoms with E-state index in [1.54, 1.807) is 0 Å². The maximum absolute atomic E-state index is 8.95. The molecule has 0 saturated heterocycles. The molecule has 0 aromatic carbocycles. The molecule has 58 valence electrons. The van der Waals surface area contributed by atoms with Crippen LogP contribution in [0.5, 0.6) is 0 Å². The van der Waals surface area contributed by atoms with Gasteiger partial charge in [0.15, 0.2) is 10.0 Å². The summed E-state index contributed by atoms with van der Waals surface area (Å²) in [6, 6.07) is 0. The highest BCUT2D eigenvalue weighted by atomic mass is 127. The van der Waals surface area contributed by atoms with E-state index >= 15 is 0 Å². The minimum absolute atomic E-state index is 0.0654. The normalized spacial score (nSPS) is 41.1. The van der Waals surface area contributed by atoms with Crippen LogP contribution in [0.15, 0.2) is 11.8 Å². The summed E-state index contributed by atoms with van der Waals surface area (Å²) >= 11 is 1.82. The zero-order chi connectivity index (χ0) is 7.78. The molecule has 1 aliphatic heterocycles. The first kappa shape index (κ1) is 8.25. The molecule has 2 unspecified atom stereocenters. The first-order valence-corrected chi connectivity index (χ1v) is 3.81. The van der Waals surface area contributed by atoms with Crippen LogP contribution in [0.25, 0.3) is 0 Å². The van der Waals surface area contributed by atoms with Gasteiger partial charge in [-0.2, -0.15) is 0 Å². The van der Waals surface area contributed by atoms with E-state index in [2.05, 4.69) is 0 Å². The molecule has 5 heteroatoms. The molecule has 10 heavy (non-hydrogen) atoms. The summed E-state index contributed by atoms with van der Waals surface area (Å²) in [6.07, 6.45) is 0.352. The van der Waals surface area contributed by atoms with E-state index in [0.29, 0.717) is 0 Å². The molecule has 1 aliphatic rings. The molecule has 2 atom stereocenters. The van der Waals surface area contributed by atoms with E-state index in [1.807, 2.05) is 22.6 Å². The SMILES string of the molecule is NC1(I)CC(O)=CC(O)O1. The van der Waals surface area contributed by atoms with Crippen molar-refractivity contribution in [2.45, 2.75) is 16.4 Å². The number of halogens is 1. The highest BCUT2D eigenvalue weighted by molar-refractivity contribution is 14.1. The summed E-state index contributed by atoms with van der Waals surface area (Å²) in [4.78, 5) is 0. The lowest BCUT2D eigenvalue weighted by molar-refractivity contribution is -0.124. The van der Waals surface area contributed by atoms with Crippen molar-refractivity contribution in [3.05, 3.63) is 11.8 Å². The van der Waals surface area contributed by atoms with Crippen LogP contribution in [0.4, 0.5) is 0 Å². The summed E-state index contributed by atoms with van der Waals surface area (Å²) < 4.78 is 3.85. The smallest absolute Gasteiger partial charge is 0.180 e. The van der Waals surface area contributed by atoms with Crippen molar-refractivity contribution in [1.82, 2.24) is 0 Å². The average molecular weight is 257 g/mol. The quantitative estimate of drug-likeness (QED) is 0.329. The van der Waals surface area contributed by atoms with Crippen molar-refractivity contribution in [3.63, 3.8) is 0 Å². The second kappa shape index (κ2) is 2.65. The molecule has 0 bridgehead atoms. The average Bonchev–Trinajstić information content (AvgIpc) is 1.54. The first-order valence-electron chi connectivity index (χ1n) is 2.73. The van der Waals surface area contributed by atoms with Crippen LogP contribution in [-0.4, -0.2) is 20.2 Å². The molecular weight excluding hydrogens is 249 g/mol. The van der Waals surface area contributed by atoms with Crippen molar-refractivity contribution in [3.8, 4) is 0 Å². The van der Waals surface area contributed by atoms with Crippen molar-refractivity contribution in [2.75, 3.05) is 0 Å². The predicted octanol–water partition coefficient (Wildman–Crippen LogP) is 0.214. The predicted molar refractivity (Wildman–Crippen MR) is 43.4 cm³/mol. The third-order valence-electron chi connectivity index (χ3n) is 1.07. The maximum Gasteiger partial charge on any atom is 0.180 e. The summed E-state index contributed by atoms with van der Waals surface area (Å²) in [5, 5.41) is 17.8. The Morgan fingerprint density at radius 2 is 2.50 bits per heavy atom. The van der Waals surface area contributed by atoms with E-state index < -0.39 is 10.0 Å². The number of hydrogen-bond acceptors (Lipinski definition) is 4. The molecule has 0 saturated carbocycles. The van der Waals surface area contributed by atoms with Crippen molar-refractivity contribution >= 4 is 22.6 Å². The number of aliphatic hydroxyl groups excluding tert-OH is 2. The van der Waals surface area contributed by atoms with Gasteiger partial charge in [0.05, 0.1) is 12.2 Å². The Morgan fingerprint density at radius 1 is 1.90 bits per heavy atom. The Hall–Kier alpha value is 0.150. The molecular formula is C5H8INO3. The molecule has 0 aliphatic carbocycles. The Kier molecular flexibility index (Phi) is 2.18. The molecule has 0 radical (unpaired) electrons. The standard InChI is InChI=1S/C5H8INO3/c6-5(7)2-3(8)1-4(9)10-5/h1,4,8-9H,2,7H2. The van der Waals surface area contributed by atoms with Crippen LogP contribution in [0.2, 0.25) is 0 Å². The number of alkyl halides is 1. The van der Waals surface area contributed by atoms with Crippen LogP contribution in [0.3, 0.4) is 0 Å². The van der Waals surface area contributed by atoms with Crippen molar-refractivity contribution in [1.29, 1.82) is 0 Å². The number of rotatable bonds is 0. The molecule has 0 spiro atoms. The largest absolute Gasteiger partial charge is 0.512 e. The van der Waals surface area contributed by atoms with E-state index in [0.717, 1.165) is 0 Å². The molecule has 0 amide bonds. The topological polar surface area (TPSA) is 75.7 Å². The highest BCUT2D eigenvalue weighted by Crippen LogP contribution is 2.27. The number of aliphatic hydroxyl groups is 2. The number of ether oxygens (including phenoxy) is 1. The summed E-state index contributed by atoms with van der Waals surface area (Å²) in [7, 11) is 0. The Bertz CT molecular complexity index is 168. The summed E-state index contributed by atoms with van der Waals surface area (Å²) in [5.74, 6) is 0.0654. The van der Waals surface area contributed by atoms with Crippen LogP contribution in [-0.2, 0) is 4.74 Å². The second-order valence-electron chi connectivity index (χ2n) is 2.13. The van der Waals surface area contributed by atoms with Gasteiger partial charge in [0.1, 0.15) is 0 Å². The fourth-order valence-corrected chi connectivity index (χ4v) is 1.40. The first-order chi connectivity index (χ1) is 4.49. The van der Waals surface area contributed by atoms with E-state index in [1.165, 1.54) is 6.08 Å². The number of nitrogens with two attached hydrogens (primary N) is 1. The molecule has 1 heterocycles. The third-order valence-corrected chi connectivity index (χ3v) is 1.71. The lowest BCUT2D eigenvalue weighted by Gasteiger charge is -2.28. The van der Waals surface area contributed by atoms with Crippen LogP contribution < -0.4 is 5.73 Å². The second-order valence-corrected chi connectivity index (χ2v) is 3.96. The molecule has 4 nitrogen and oxygen atoms in total. The van der Waals surface area contributed by atoms with Gasteiger partial charge in [0.25, 0.3) is 0 Å². The third kappa shape index (κ3) is 2.08. The van der Waals surface area contributed by atoms with E-state index in [4.69, 9.17) is 20.7 Å². The van der Waals surface area contributed by atoms with Crippen LogP contribution in [0.1, 0.15) is 6.42 Å². The number of hydrogen-bond donors (Lipinski definition) is 3. The Balaban J connectivity index is 2.70. The fraction of sp³-hybridized carbons (Fsp3) is 0.600. The van der Waals surface area contributed by atoms with Crippen LogP contribution >= 0.6 is 22.6 Å². The summed E-state index contributed by atoms with van der Waals surface area (Å²) in [5.41, 5.74) is 5.46. The minimum atomic E-state index is -1.09. The molecule has 0 aromatic heterocycles. The fourth-order valence-electron chi connectivity index (χ4n) is 0.747. The van der Waals surface area contributed by atoms with Gasteiger partial charge in [-0.1, -0.05) is 0 Å². The van der Waals surface area contributed by atoms with Crippen molar-refractivity contribution in [2.24, 2.45) is 5.73 Å². The lowest BCUT2D eigenvalue weighted by Crippen LogP contribution is -2.42. The van der Waals surface area contributed by atoms with Gasteiger partial charge in [-0.05, 0) is 22.6 Å². The molecule has 1 rings (SSSR count). The minimum Gasteiger partial charge on any atom is -0.512 e. The van der Waals surface area contributed by atoms with Gasteiger partial charge >= 0.3 is 0 Å². The van der Waals surface area contributed by atoms with Crippen molar-refractivity contribution < 1.29 is 14.9 Å². The van der Waals surface area contributed by atoms with Gasteiger partial charge in [-0.25, -0.2) is 0 Å². The monoisotopic (exact) mass is 257 g/mol. The maximum atomic E-state index is 8.95. The van der Waals surface area contributed by atoms with Gasteiger partial charge in [0, 0.05) is 6.08 Å². The van der Waals surface area contributed by atoms with Gasteiger partial charge in [-0.15, -0.1) is 0 Å². The molecule has 0 aromatic rings. The van der Waals surface area contributed by atoms with E-state index in [-0.39, 0.29) is 12.2 Å². The van der Waals surface area contributed by atoms with Gasteiger partial charge in [0.2, 0.25) is 0 Å². The Labute approximate surface area is 71.8 Å². The summed E-state index contributed by atoms with van der Waals surface area (Å²) in [6.45, 7) is 0. The van der Waals surface area contributed by atoms with E-state index in [9.17, 15) is 0 Å². The van der Waals surface area contributed by atoms with Gasteiger partial charge in [-0.3, -0.25) is 5.73 Å². The zero-order valence-corrected chi connectivity index (χ0v) is 7.28. The van der Waals surface area contributed by atoms with Crippen LogP contribution in [0, 0.1) is 0 Å².